The molecule has 3 aromatic carbocycles. The van der Waals surface area contributed by atoms with Crippen LogP contribution in [0.1, 0.15) is 35.2 Å². The summed E-state index contributed by atoms with van der Waals surface area (Å²) in [6.45, 7) is 2.64. The first-order chi connectivity index (χ1) is 18.0. The maximum absolute atomic E-state index is 11.9. The van der Waals surface area contributed by atoms with Gasteiger partial charge in [-0.2, -0.15) is 0 Å². The van der Waals surface area contributed by atoms with Crippen LogP contribution in [0, 0.1) is 0 Å². The highest BCUT2D eigenvalue weighted by Gasteiger charge is 2.40. The number of hydrogen-bond acceptors (Lipinski definition) is 7. The normalized spacial score (nSPS) is 14.0. The zero-order valence-electron chi connectivity index (χ0n) is 20.7. The maximum atomic E-state index is 11.9. The van der Waals surface area contributed by atoms with Gasteiger partial charge in [0, 0.05) is 22.1 Å². The van der Waals surface area contributed by atoms with Crippen LogP contribution in [0.3, 0.4) is 0 Å². The van der Waals surface area contributed by atoms with Crippen molar-refractivity contribution in [2.24, 2.45) is 5.16 Å². The lowest BCUT2D eigenvalue weighted by atomic mass is 9.80. The van der Waals surface area contributed by atoms with Crippen molar-refractivity contribution in [1.29, 1.82) is 0 Å². The SMILES string of the molecule is CN1CCCC1.Nc1nc(/C(=N/OC(c2ccccc2)(c2ccccc2)c2ccccc2)C(=O)O)cs1. The minimum absolute atomic E-state index is 0.151. The van der Waals surface area contributed by atoms with Crippen LogP contribution in [-0.2, 0) is 15.2 Å². The van der Waals surface area contributed by atoms with Gasteiger partial charge in [0.05, 0.1) is 0 Å². The second-order valence-electron chi connectivity index (χ2n) is 8.70. The first-order valence-corrected chi connectivity index (χ1v) is 12.9. The standard InChI is InChI=1S/C24H19N3O3S.C5H11N/c25-23-26-20(16-31-23)21(22(28)29)27-30-24(17-10-4-1-5-11-17,18-12-6-2-7-13-18)19-14-8-3-9-15-19;1-6-4-2-3-5-6/h1-16H,(H2,25,26)(H,28,29);2-5H2,1H3/b27-21-;. The predicted molar refractivity (Wildman–Crippen MR) is 148 cm³/mol. The molecule has 1 saturated heterocycles. The van der Waals surface area contributed by atoms with E-state index in [2.05, 4.69) is 22.1 Å². The maximum Gasteiger partial charge on any atom is 0.360 e. The van der Waals surface area contributed by atoms with E-state index in [9.17, 15) is 9.90 Å². The molecule has 0 amide bonds. The Hall–Kier alpha value is -4.01. The highest BCUT2D eigenvalue weighted by atomic mass is 32.1. The number of carboxylic acids is 1. The minimum atomic E-state index is -1.26. The summed E-state index contributed by atoms with van der Waals surface area (Å²) in [5, 5.41) is 15.7. The van der Waals surface area contributed by atoms with Gasteiger partial charge in [-0.25, -0.2) is 9.78 Å². The average molecular weight is 515 g/mol. The van der Waals surface area contributed by atoms with E-state index in [1.54, 1.807) is 5.38 Å². The third-order valence-corrected chi connectivity index (χ3v) is 6.79. The molecule has 1 aliphatic rings. The quantitative estimate of drug-likeness (QED) is 0.199. The lowest BCUT2D eigenvalue weighted by Gasteiger charge is -2.33. The van der Waals surface area contributed by atoms with Crippen molar-refractivity contribution >= 4 is 28.1 Å². The summed E-state index contributed by atoms with van der Waals surface area (Å²) in [5.74, 6) is -1.26. The molecule has 0 bridgehead atoms. The number of nitrogens with zero attached hydrogens (tertiary/aromatic N) is 3. The summed E-state index contributed by atoms with van der Waals surface area (Å²) in [7, 11) is 2.17. The van der Waals surface area contributed by atoms with Crippen molar-refractivity contribution in [1.82, 2.24) is 9.88 Å². The van der Waals surface area contributed by atoms with E-state index in [1.165, 1.54) is 25.9 Å². The molecule has 1 fully saturated rings. The Labute approximate surface area is 220 Å². The second-order valence-corrected chi connectivity index (χ2v) is 9.59. The van der Waals surface area contributed by atoms with Crippen molar-refractivity contribution in [3.05, 3.63) is 119 Å². The molecule has 0 spiro atoms. The first kappa shape index (κ1) is 26.1. The fourth-order valence-electron chi connectivity index (χ4n) is 4.26. The molecule has 0 saturated carbocycles. The molecule has 4 aromatic rings. The van der Waals surface area contributed by atoms with Gasteiger partial charge in [0.25, 0.3) is 0 Å². The Morgan fingerprint density at radius 3 is 1.70 bits per heavy atom. The Morgan fingerprint density at radius 2 is 1.38 bits per heavy atom. The Balaban J connectivity index is 0.000000469. The molecule has 3 N–H and O–H groups in total. The van der Waals surface area contributed by atoms with E-state index >= 15 is 0 Å². The third-order valence-electron chi connectivity index (χ3n) is 6.11. The van der Waals surface area contributed by atoms with Gasteiger partial charge in [0.1, 0.15) is 5.69 Å². The third kappa shape index (κ3) is 6.22. The fourth-order valence-corrected chi connectivity index (χ4v) is 4.81. The van der Waals surface area contributed by atoms with Gasteiger partial charge in [0.15, 0.2) is 5.13 Å². The molecule has 5 rings (SSSR count). The number of aliphatic carboxylic acids is 1. The molecule has 7 nitrogen and oxygen atoms in total. The van der Waals surface area contributed by atoms with Gasteiger partial charge in [0.2, 0.25) is 11.3 Å². The van der Waals surface area contributed by atoms with Crippen LogP contribution in [0.4, 0.5) is 5.13 Å². The van der Waals surface area contributed by atoms with Crippen LogP contribution in [0.2, 0.25) is 0 Å². The van der Waals surface area contributed by atoms with Gasteiger partial charge in [-0.05, 0) is 33.0 Å². The number of anilines is 1. The number of likely N-dealkylation sites (tertiary alicyclic amines) is 1. The zero-order valence-corrected chi connectivity index (χ0v) is 21.5. The monoisotopic (exact) mass is 514 g/mol. The van der Waals surface area contributed by atoms with Gasteiger partial charge < -0.3 is 20.6 Å². The smallest absolute Gasteiger partial charge is 0.360 e. The number of carbonyl (C=O) groups is 1. The molecular formula is C29H30N4O3S. The summed E-state index contributed by atoms with van der Waals surface area (Å²) < 4.78 is 0. The average Bonchev–Trinajstić information content (AvgIpc) is 3.59. The molecule has 37 heavy (non-hydrogen) atoms. The van der Waals surface area contributed by atoms with Gasteiger partial charge >= 0.3 is 5.97 Å². The van der Waals surface area contributed by atoms with Crippen molar-refractivity contribution in [3.8, 4) is 0 Å². The number of thiazole rings is 1. The van der Waals surface area contributed by atoms with E-state index in [0.29, 0.717) is 0 Å². The van der Waals surface area contributed by atoms with Crippen molar-refractivity contribution in [2.45, 2.75) is 18.4 Å². The fraction of sp³-hybridized carbons (Fsp3) is 0.207. The molecule has 0 unspecified atom stereocenters. The molecule has 0 radical (unpaired) electrons. The van der Waals surface area contributed by atoms with E-state index in [0.717, 1.165) is 28.0 Å². The number of hydrogen-bond donors (Lipinski definition) is 2. The second kappa shape index (κ2) is 12.3. The number of rotatable bonds is 7. The van der Waals surface area contributed by atoms with E-state index in [4.69, 9.17) is 10.6 Å². The molecular weight excluding hydrogens is 484 g/mol. The van der Waals surface area contributed by atoms with E-state index in [1.807, 2.05) is 91.0 Å². The van der Waals surface area contributed by atoms with Crippen molar-refractivity contribution in [2.75, 3.05) is 25.9 Å². The highest BCUT2D eigenvalue weighted by molar-refractivity contribution is 7.13. The lowest BCUT2D eigenvalue weighted by Crippen LogP contribution is -2.32. The lowest BCUT2D eigenvalue weighted by molar-refractivity contribution is -0.129. The Kier molecular flexibility index (Phi) is 8.66. The summed E-state index contributed by atoms with van der Waals surface area (Å²) in [6, 6.07) is 28.7. The molecule has 190 valence electrons. The molecule has 8 heteroatoms. The largest absolute Gasteiger partial charge is 0.476 e. The van der Waals surface area contributed by atoms with Crippen molar-refractivity contribution in [3.63, 3.8) is 0 Å². The van der Waals surface area contributed by atoms with Crippen LogP contribution in [-0.4, -0.2) is 46.8 Å². The van der Waals surface area contributed by atoms with Crippen LogP contribution in [0.5, 0.6) is 0 Å². The van der Waals surface area contributed by atoms with Gasteiger partial charge in [-0.3, -0.25) is 0 Å². The molecule has 0 atom stereocenters. The van der Waals surface area contributed by atoms with E-state index in [-0.39, 0.29) is 16.5 Å². The zero-order chi connectivity index (χ0) is 26.1. The van der Waals surface area contributed by atoms with Gasteiger partial charge in [-0.1, -0.05) is 96.2 Å². The molecule has 1 aromatic heterocycles. The number of carboxylic acid groups (broad SMARTS) is 1. The summed E-state index contributed by atoms with van der Waals surface area (Å²) >= 11 is 1.14. The van der Waals surface area contributed by atoms with Crippen molar-refractivity contribution < 1.29 is 14.7 Å². The summed E-state index contributed by atoms with van der Waals surface area (Å²) in [6.07, 6.45) is 2.83. The van der Waals surface area contributed by atoms with Crippen LogP contribution >= 0.6 is 11.3 Å². The number of benzene rings is 3. The topological polar surface area (TPSA) is 101 Å². The molecule has 2 heterocycles. The number of nitrogen functional groups attached to an aromatic ring is 1. The van der Waals surface area contributed by atoms with Crippen LogP contribution in [0.25, 0.3) is 0 Å². The molecule has 0 aliphatic carbocycles. The first-order valence-electron chi connectivity index (χ1n) is 12.1. The Morgan fingerprint density at radius 1 is 0.919 bits per heavy atom. The Bertz CT molecular complexity index is 1210. The van der Waals surface area contributed by atoms with E-state index < -0.39 is 11.6 Å². The summed E-state index contributed by atoms with van der Waals surface area (Å²) in [4.78, 5) is 24.6. The summed E-state index contributed by atoms with van der Waals surface area (Å²) in [5.41, 5.74) is 6.76. The van der Waals surface area contributed by atoms with Gasteiger partial charge in [-0.15, -0.1) is 11.3 Å². The number of nitrogens with two attached hydrogens (primary N) is 1. The predicted octanol–water partition coefficient (Wildman–Crippen LogP) is 5.23. The number of oxime groups is 1. The molecule has 1 aliphatic heterocycles. The minimum Gasteiger partial charge on any atom is -0.476 e. The van der Waals surface area contributed by atoms with Crippen LogP contribution in [0.15, 0.2) is 102 Å². The van der Waals surface area contributed by atoms with Crippen LogP contribution < -0.4 is 5.73 Å². The highest BCUT2D eigenvalue weighted by Crippen LogP contribution is 2.40. The number of aromatic nitrogens is 1.